The van der Waals surface area contributed by atoms with Crippen LogP contribution in [0.2, 0.25) is 10.0 Å². The second kappa shape index (κ2) is 37.9. The lowest BCUT2D eigenvalue weighted by molar-refractivity contribution is -0.333. The number of fused-ring (bicyclic) bond motifs is 15. The molecule has 15 bridgehead atoms. The van der Waals surface area contributed by atoms with Gasteiger partial charge < -0.3 is 133 Å². The van der Waals surface area contributed by atoms with Crippen molar-refractivity contribution < 1.29 is 122 Å². The molecule has 2 saturated heterocycles. The van der Waals surface area contributed by atoms with Crippen LogP contribution in [0.1, 0.15) is 143 Å². The van der Waals surface area contributed by atoms with Crippen molar-refractivity contribution in [2.24, 2.45) is 35.3 Å². The van der Waals surface area contributed by atoms with Crippen molar-refractivity contribution in [3.05, 3.63) is 147 Å². The second-order valence-corrected chi connectivity index (χ2v) is 34.9. The van der Waals surface area contributed by atoms with Crippen molar-refractivity contribution in [2.45, 2.75) is 201 Å². The quantitative estimate of drug-likeness (QED) is 0.0489. The van der Waals surface area contributed by atoms with E-state index in [4.69, 9.17) is 62.1 Å². The number of nitrogens with one attached hydrogen (secondary N) is 10. The molecule has 4 aliphatic carbocycles. The van der Waals surface area contributed by atoms with Gasteiger partial charge in [-0.05, 0) is 196 Å². The number of hydrogen-bond donors (Lipinski definition) is 20. The zero-order valence-electron chi connectivity index (χ0n) is 69.0. The number of carbonyl (C=O) groups excluding carboxylic acids is 9. The van der Waals surface area contributed by atoms with E-state index in [0.29, 0.717) is 36.3 Å². The number of likely N-dealkylation sites (N-methyl/N-ethyl adjacent to an activating group) is 2. The van der Waals surface area contributed by atoms with Crippen LogP contribution < -0.4 is 77.8 Å². The average molecular weight is 1770 g/mol. The number of rotatable bonds is 20. The normalized spacial score (nSPS) is 30.3. The number of aromatic hydroxyl groups is 3. The van der Waals surface area contributed by atoms with Gasteiger partial charge in [0.15, 0.2) is 23.9 Å². The Balaban J connectivity index is 0.955. The maximum atomic E-state index is 16.7. The monoisotopic (exact) mass is 1770 g/mol. The number of carbonyl (C=O) groups is 9. The number of amides is 9. The number of phenolic OH excluding ortho intramolecular Hbond substituents is 3. The molecule has 0 unspecified atom stereocenters. The number of aliphatic hydroxyl groups is 6. The van der Waals surface area contributed by atoms with E-state index in [1.54, 1.807) is 31.3 Å². The summed E-state index contributed by atoms with van der Waals surface area (Å²) in [5.74, 6) is -14.1. The maximum Gasteiger partial charge on any atom is 0.248 e. The van der Waals surface area contributed by atoms with Gasteiger partial charge in [-0.3, -0.25) is 48.5 Å². The van der Waals surface area contributed by atoms with Gasteiger partial charge in [0.25, 0.3) is 0 Å². The molecule has 0 radical (unpaired) electrons. The van der Waals surface area contributed by atoms with Gasteiger partial charge in [-0.2, -0.15) is 0 Å². The van der Waals surface area contributed by atoms with Crippen LogP contribution in [0.3, 0.4) is 0 Å². The number of imide groups is 1. The number of halogens is 2. The summed E-state index contributed by atoms with van der Waals surface area (Å²) in [6.07, 6.45) is -15.0. The molecule has 21 N–H and O–H groups in total. The SMILES string of the molecule is CNCCOc1ccc(CC(=O)NC(=O)C[C@@H]2NC(=O)[C@H](NC(=O)[C@@H](CC(C)C)NC)[C@H](O)c3ccc(c(Cl)c3)Oc3cc4cc(c3O[C@@H]3O[C@H](CO)[C@@H](O)[C@H](O)[C@H]3O[C@H]3C[C@](C)(N)[C@H](O)[C@H](C)O3)Oc3ccc(cc3Cl)[C@@H](O)[C@@H]3NC(=O)[C@H](NC(=O)[C@@H]4NC2=O)c2ccc(O)c(c2)-c2c(O)cc(O)cc2[C@@H](C(=O)NC2C4CC5CC(C4)CC2C5)NC3=O)cc1. The second-order valence-electron chi connectivity index (χ2n) is 34.1. The summed E-state index contributed by atoms with van der Waals surface area (Å²) in [5.41, 5.74) is 3.32. The summed E-state index contributed by atoms with van der Waals surface area (Å²) in [6.45, 7) is 6.52. The summed E-state index contributed by atoms with van der Waals surface area (Å²) in [7, 11) is 3.22. The molecule has 0 spiro atoms. The van der Waals surface area contributed by atoms with E-state index in [1.165, 1.54) is 45.2 Å². The lowest BCUT2D eigenvalue weighted by atomic mass is 9.54. The molecule has 6 aromatic rings. The Kier molecular flexibility index (Phi) is 27.5. The van der Waals surface area contributed by atoms with Crippen LogP contribution in [0.5, 0.6) is 51.7 Å². The number of nitrogens with two attached hydrogens (primary N) is 1. The fourth-order valence-corrected chi connectivity index (χ4v) is 18.8. The molecule has 0 aromatic heterocycles. The Morgan fingerprint density at radius 2 is 1.28 bits per heavy atom. The highest BCUT2D eigenvalue weighted by Crippen LogP contribution is 2.55. The van der Waals surface area contributed by atoms with E-state index in [-0.39, 0.29) is 80.5 Å². The molecule has 7 aliphatic heterocycles. The first kappa shape index (κ1) is 90.7. The molecule has 36 nitrogen and oxygen atoms in total. The van der Waals surface area contributed by atoms with Crippen molar-refractivity contribution in [1.29, 1.82) is 0 Å². The number of phenols is 3. The smallest absolute Gasteiger partial charge is 0.248 e. The molecule has 17 rings (SSSR count). The van der Waals surface area contributed by atoms with Crippen molar-refractivity contribution in [3.8, 4) is 62.9 Å². The van der Waals surface area contributed by atoms with Crippen molar-refractivity contribution in [3.63, 3.8) is 0 Å². The van der Waals surface area contributed by atoms with Crippen LogP contribution in [0, 0.1) is 29.6 Å². The molecule has 125 heavy (non-hydrogen) atoms. The number of benzene rings is 6. The number of aliphatic hydroxyl groups excluding tert-OH is 6. The van der Waals surface area contributed by atoms with Gasteiger partial charge in [0.05, 0.1) is 47.7 Å². The zero-order chi connectivity index (χ0) is 89.5. The van der Waals surface area contributed by atoms with Crippen LogP contribution in [0.25, 0.3) is 11.1 Å². The first-order valence-corrected chi connectivity index (χ1v) is 42.2. The van der Waals surface area contributed by atoms with E-state index in [1.807, 2.05) is 13.8 Å². The highest BCUT2D eigenvalue weighted by molar-refractivity contribution is 6.32. The van der Waals surface area contributed by atoms with Crippen molar-refractivity contribution in [1.82, 2.24) is 53.2 Å². The first-order valence-electron chi connectivity index (χ1n) is 41.5. The molecular formula is C87H103Cl2N11O25. The number of ether oxygens (including phenoxy) is 7. The predicted molar refractivity (Wildman–Crippen MR) is 444 cm³/mol. The van der Waals surface area contributed by atoms with Gasteiger partial charge in [0, 0.05) is 41.7 Å². The topological polar surface area (TPSA) is 547 Å². The van der Waals surface area contributed by atoms with E-state index in [0.717, 1.165) is 86.7 Å². The summed E-state index contributed by atoms with van der Waals surface area (Å²) in [5, 5.41) is 133. The van der Waals surface area contributed by atoms with E-state index in [2.05, 4.69) is 53.2 Å². The fourth-order valence-electron chi connectivity index (χ4n) is 18.3. The minimum absolute atomic E-state index is 0.0545. The Hall–Kier alpha value is -10.6. The summed E-state index contributed by atoms with van der Waals surface area (Å²) in [4.78, 5) is 139. The lowest BCUT2D eigenvalue weighted by Crippen LogP contribution is -2.64. The van der Waals surface area contributed by atoms with Crippen molar-refractivity contribution >= 4 is 76.4 Å². The van der Waals surface area contributed by atoms with Gasteiger partial charge in [-0.15, -0.1) is 0 Å². The molecular weight excluding hydrogens is 1670 g/mol. The van der Waals surface area contributed by atoms with Crippen LogP contribution in [-0.2, 0) is 63.8 Å². The van der Waals surface area contributed by atoms with Gasteiger partial charge in [-0.25, -0.2) is 0 Å². The van der Waals surface area contributed by atoms with E-state index >= 15 is 28.8 Å². The third-order valence-corrected chi connectivity index (χ3v) is 25.1. The molecule has 18 atom stereocenters. The molecule has 6 fully saturated rings. The molecule has 9 amide bonds. The summed E-state index contributed by atoms with van der Waals surface area (Å²) >= 11 is 14.5. The Bertz CT molecular complexity index is 5080. The van der Waals surface area contributed by atoms with Crippen LogP contribution in [-0.4, -0.2) is 218 Å². The minimum atomic E-state index is -2.42. The molecule has 38 heteroatoms. The zero-order valence-corrected chi connectivity index (χ0v) is 70.5. The van der Waals surface area contributed by atoms with Crippen molar-refractivity contribution in [2.75, 3.05) is 33.9 Å². The first-order chi connectivity index (χ1) is 59.5. The molecule has 7 heterocycles. The standard InChI is InChI=1S/C87H103Cl2N11O25/c1-36(2)19-53(92-6)79(112)99-70-72(107)42-10-15-57(51(88)27-42)121-59-29-46-30-60(76(59)125-86-77(75(110)74(109)61(35-101)123-86)124-64-34-87(4,90)78(111)37(3)120-64)122-58-16-11-43(28-52(58)89)73(108)71-85(118)98-69(83(116)95-66-44-21-39-20-40(23-44)24-45(66)22-39)50-31-47(102)32-56(104)65(50)49-26-41(9-14-55(49)103)67(81(114)100-71)97-82(115)68(46)96-80(113)54(93-84(70)117)33-63(106)94-62(105)25-38-7-12-48(13-8-38)119-18-17-91-5/h7-16,26-32,36-37,39-40,44-45,53-54,61,64,66-75,77-78,86,91-92,101-104,107-111H,17-25,33-35,90H2,1-6H3,(H,93,117)(H,95,116)(H,96,113)(H,97,115)(H,98,118)(H,99,112)(H,100,114)(H,94,105,106)/t37-,39?,40?,44?,45?,53+,54-,61+,64-,66?,67+,68+,69-,70+,71-,72+,73+,74+,75-,77+,78+,86-,87-/m0/s1. The van der Waals surface area contributed by atoms with Crippen LogP contribution in [0.15, 0.2) is 103 Å². The van der Waals surface area contributed by atoms with Gasteiger partial charge in [0.1, 0.15) is 108 Å². The highest BCUT2D eigenvalue weighted by Gasteiger charge is 2.53. The number of hydrogen-bond acceptors (Lipinski definition) is 28. The lowest BCUT2D eigenvalue weighted by Gasteiger charge is -2.54. The van der Waals surface area contributed by atoms with E-state index in [9.17, 15) is 60.3 Å². The maximum absolute atomic E-state index is 16.7. The summed E-state index contributed by atoms with van der Waals surface area (Å²) in [6, 6.07) is 6.22. The van der Waals surface area contributed by atoms with Gasteiger partial charge >= 0.3 is 0 Å². The Morgan fingerprint density at radius 1 is 0.656 bits per heavy atom. The summed E-state index contributed by atoms with van der Waals surface area (Å²) < 4.78 is 44.8. The third kappa shape index (κ3) is 19.8. The predicted octanol–water partition coefficient (Wildman–Crippen LogP) is 2.96. The van der Waals surface area contributed by atoms with Gasteiger partial charge in [0.2, 0.25) is 65.2 Å². The molecule has 670 valence electrons. The van der Waals surface area contributed by atoms with Crippen LogP contribution >= 0.6 is 23.2 Å². The Morgan fingerprint density at radius 3 is 1.90 bits per heavy atom. The average Bonchev–Trinajstić information content (AvgIpc) is 0.757. The van der Waals surface area contributed by atoms with Gasteiger partial charge in [-0.1, -0.05) is 67.4 Å². The molecule has 6 aromatic carbocycles. The fraction of sp³-hybridized carbons (Fsp3) is 0.483. The molecule has 11 aliphatic rings. The Labute approximate surface area is 727 Å². The molecule has 4 saturated carbocycles. The van der Waals surface area contributed by atoms with Crippen LogP contribution in [0.4, 0.5) is 0 Å². The third-order valence-electron chi connectivity index (χ3n) is 24.5. The van der Waals surface area contributed by atoms with E-state index < -0.39 is 233 Å². The minimum Gasteiger partial charge on any atom is -0.508 e. The highest BCUT2D eigenvalue weighted by atomic mass is 35.5. The largest absolute Gasteiger partial charge is 0.508 e.